The van der Waals surface area contributed by atoms with Crippen molar-refractivity contribution in [3.8, 4) is 11.1 Å². The number of fused-ring (bicyclic) bond motifs is 3. The third kappa shape index (κ3) is 13.1. The molecule has 0 spiro atoms. The Balaban J connectivity index is 0.000000160. The topological polar surface area (TPSA) is 0 Å². The quantitative estimate of drug-likeness (QED) is 0.155. The van der Waals surface area contributed by atoms with E-state index in [0.717, 1.165) is 24.2 Å². The molecule has 61 heavy (non-hydrogen) atoms. The summed E-state index contributed by atoms with van der Waals surface area (Å²) in [5.41, 5.74) is 15.8. The molecule has 0 nitrogen and oxygen atoms in total. The van der Waals surface area contributed by atoms with Crippen LogP contribution in [0.3, 0.4) is 0 Å². The zero-order valence-corrected chi connectivity index (χ0v) is 43.2. The second kappa shape index (κ2) is 19.9. The van der Waals surface area contributed by atoms with Crippen molar-refractivity contribution in [1.82, 2.24) is 0 Å². The van der Waals surface area contributed by atoms with Crippen molar-refractivity contribution >= 4 is 4.21 Å². The molecular weight excluding hydrogens is 812 g/mol. The van der Waals surface area contributed by atoms with Gasteiger partial charge >= 0.3 is 28.4 Å². The molecule has 4 bridgehead atoms. The van der Waals surface area contributed by atoms with Crippen molar-refractivity contribution in [1.29, 1.82) is 0 Å². The van der Waals surface area contributed by atoms with E-state index >= 15 is 0 Å². The maximum atomic E-state index is 3.67. The van der Waals surface area contributed by atoms with E-state index in [0.29, 0.717) is 11.3 Å². The normalized spacial score (nSPS) is 23.2. The number of rotatable bonds is 2. The third-order valence-electron chi connectivity index (χ3n) is 13.7. The Morgan fingerprint density at radius 1 is 0.607 bits per heavy atom. The molecular formula is C60H78Zr-4. The van der Waals surface area contributed by atoms with Gasteiger partial charge in [-0.3, -0.25) is 6.08 Å². The average molecular weight is 891 g/mol. The van der Waals surface area contributed by atoms with Gasteiger partial charge in [-0.1, -0.05) is 133 Å². The van der Waals surface area contributed by atoms with Crippen LogP contribution in [-0.2, 0) is 52.3 Å². The minimum absolute atomic E-state index is 0.167. The van der Waals surface area contributed by atoms with Crippen LogP contribution in [0, 0.1) is 53.4 Å². The number of hydrogen-bond donors (Lipinski definition) is 0. The Hall–Kier alpha value is -2.89. The van der Waals surface area contributed by atoms with Crippen molar-refractivity contribution in [3.63, 3.8) is 0 Å². The van der Waals surface area contributed by atoms with E-state index in [1.807, 2.05) is 24.3 Å². The van der Waals surface area contributed by atoms with Crippen LogP contribution in [0.1, 0.15) is 175 Å². The minimum atomic E-state index is 0.167. The monoisotopic (exact) mass is 889 g/mol. The van der Waals surface area contributed by atoms with Gasteiger partial charge in [0.05, 0.1) is 0 Å². The number of allylic oxidation sites excluding steroid dienone is 4. The molecule has 4 aromatic rings. The molecule has 0 heterocycles. The fourth-order valence-corrected chi connectivity index (χ4v) is 10.8. The van der Waals surface area contributed by atoms with Gasteiger partial charge < -0.3 is 0 Å². The van der Waals surface area contributed by atoms with Crippen LogP contribution >= 0.6 is 0 Å². The fraction of sp³-hybridized carbons (Fsp3) is 0.517. The molecule has 1 heteroatoms. The molecule has 6 aliphatic rings. The zero-order chi connectivity index (χ0) is 45.0. The van der Waals surface area contributed by atoms with Crippen LogP contribution in [0.15, 0.2) is 96.1 Å². The molecule has 0 saturated heterocycles. The predicted octanol–water partition coefficient (Wildman–Crippen LogP) is 16.1. The first-order valence-electron chi connectivity index (χ1n) is 23.3. The summed E-state index contributed by atoms with van der Waals surface area (Å²) in [5.74, 6) is 3.82. The summed E-state index contributed by atoms with van der Waals surface area (Å²) in [4.78, 5) is 0. The van der Waals surface area contributed by atoms with Crippen molar-refractivity contribution in [2.75, 3.05) is 0 Å². The summed E-state index contributed by atoms with van der Waals surface area (Å²) >= 11 is 1.30. The molecule has 1 unspecified atom stereocenters. The summed E-state index contributed by atoms with van der Waals surface area (Å²) in [6.07, 6.45) is 17.8. The van der Waals surface area contributed by atoms with E-state index in [2.05, 4.69) is 186 Å². The molecule has 0 amide bonds. The Bertz CT molecular complexity index is 1950. The van der Waals surface area contributed by atoms with Crippen LogP contribution in [0.25, 0.3) is 11.1 Å². The van der Waals surface area contributed by atoms with Gasteiger partial charge in [0.2, 0.25) is 0 Å². The van der Waals surface area contributed by atoms with Crippen LogP contribution in [0.2, 0.25) is 0 Å². The van der Waals surface area contributed by atoms with Crippen molar-refractivity contribution < 1.29 is 24.2 Å². The van der Waals surface area contributed by atoms with Gasteiger partial charge in [0.1, 0.15) is 0 Å². The molecule has 1 atom stereocenters. The molecule has 10 rings (SSSR count). The molecule has 0 aliphatic heterocycles. The first-order valence-corrected chi connectivity index (χ1v) is 25.0. The first kappa shape index (κ1) is 49.1. The Morgan fingerprint density at radius 2 is 1.07 bits per heavy atom. The SMILES string of the molecule is CC(C)(C)c1[c-]c2c(cc1)-c1ccc(C(C)(C)C)cc1C2.CC(C)(C)c1cc[c-]cc1.CC(C)(C)c1cc[c-]cc1.CC1=[C-]C(C)C=C1CC12CC3CC(CC(C3)C1)C2.[CH2]=[Zr]. The van der Waals surface area contributed by atoms with E-state index in [1.165, 1.54) is 80.7 Å². The van der Waals surface area contributed by atoms with E-state index in [1.54, 1.807) is 44.1 Å². The molecule has 0 N–H and O–H groups in total. The Morgan fingerprint density at radius 3 is 1.46 bits per heavy atom. The summed E-state index contributed by atoms with van der Waals surface area (Å²) < 4.78 is 3.34. The van der Waals surface area contributed by atoms with Gasteiger partial charge in [0.25, 0.3) is 0 Å². The molecule has 0 radical (unpaired) electrons. The second-order valence-electron chi connectivity index (χ2n) is 23.2. The summed E-state index contributed by atoms with van der Waals surface area (Å²) in [7, 11) is 0. The third-order valence-corrected chi connectivity index (χ3v) is 13.7. The summed E-state index contributed by atoms with van der Waals surface area (Å²) in [6.45, 7) is 31.4. The van der Waals surface area contributed by atoms with Crippen LogP contribution in [0.5, 0.6) is 0 Å². The van der Waals surface area contributed by atoms with Gasteiger partial charge in [-0.15, -0.1) is 11.1 Å². The van der Waals surface area contributed by atoms with Crippen molar-refractivity contribution in [3.05, 3.63) is 154 Å². The van der Waals surface area contributed by atoms with Gasteiger partial charge in [-0.05, 0) is 101 Å². The maximum absolute atomic E-state index is 3.67. The van der Waals surface area contributed by atoms with Crippen LogP contribution < -0.4 is 0 Å². The van der Waals surface area contributed by atoms with Crippen molar-refractivity contribution in [2.24, 2.45) is 29.1 Å². The summed E-state index contributed by atoms with van der Waals surface area (Å²) in [5, 5.41) is 0. The number of benzene rings is 4. The summed E-state index contributed by atoms with van der Waals surface area (Å²) in [6, 6.07) is 37.5. The molecule has 6 aliphatic carbocycles. The van der Waals surface area contributed by atoms with E-state index < -0.39 is 0 Å². The van der Waals surface area contributed by atoms with Crippen LogP contribution in [0.4, 0.5) is 0 Å². The van der Waals surface area contributed by atoms with Gasteiger partial charge in [-0.2, -0.15) is 107 Å². The first-order chi connectivity index (χ1) is 28.5. The molecule has 0 aromatic heterocycles. The van der Waals surface area contributed by atoms with E-state index in [-0.39, 0.29) is 21.7 Å². The zero-order valence-electron chi connectivity index (χ0n) is 40.8. The van der Waals surface area contributed by atoms with Gasteiger partial charge in [-0.25, -0.2) is 5.57 Å². The van der Waals surface area contributed by atoms with Gasteiger partial charge in [0, 0.05) is 0 Å². The fourth-order valence-electron chi connectivity index (χ4n) is 10.8. The Labute approximate surface area is 389 Å². The molecule has 4 fully saturated rings. The second-order valence-corrected chi connectivity index (χ2v) is 23.2. The van der Waals surface area contributed by atoms with E-state index in [9.17, 15) is 0 Å². The number of hydrogen-bond acceptors (Lipinski definition) is 0. The molecule has 4 aromatic carbocycles. The van der Waals surface area contributed by atoms with Crippen molar-refractivity contribution in [2.45, 2.75) is 170 Å². The van der Waals surface area contributed by atoms with Crippen LogP contribution in [-0.4, -0.2) is 4.21 Å². The Kier molecular flexibility index (Phi) is 16.0. The standard InChI is InChI=1S/C21H25.C18H25.2C10H13.CH2.Zr/c1-20(2,3)16-7-9-18-14(12-16)11-15-13-17(21(4,5)6)8-10-19(15)18;1-12-3-13(2)17(4-12)11-18-8-14-5-15(9-18)7-16(6-14)10-18;2*1-10(2,3)9-7-5-4-6-8-9;;/h7-10,12H,11H2,1-6H3;4,12,14-16H,5-11H2,1-2H3;2*5-8H,1-3H3;1H2;/q4*-1;;. The average Bonchev–Trinajstić information content (AvgIpc) is 3.71. The molecule has 326 valence electrons. The molecule has 4 saturated carbocycles. The van der Waals surface area contributed by atoms with E-state index in [4.69, 9.17) is 0 Å². The predicted molar refractivity (Wildman–Crippen MR) is 261 cm³/mol. The van der Waals surface area contributed by atoms with Gasteiger partial charge in [0.15, 0.2) is 0 Å².